The van der Waals surface area contributed by atoms with Gasteiger partial charge < -0.3 is 14.7 Å². The summed E-state index contributed by atoms with van der Waals surface area (Å²) in [4.78, 5) is 6.52. The average Bonchev–Trinajstić information content (AvgIpc) is 3.34. The number of benzene rings is 1. The second-order valence-electron chi connectivity index (χ2n) is 7.53. The van der Waals surface area contributed by atoms with E-state index in [0.29, 0.717) is 37.2 Å². The number of phenolic OH excluding ortho intramolecular Hbond substituents is 1. The number of hydrogen-bond acceptors (Lipinski definition) is 5. The largest absolute Gasteiger partial charge is 0.503 e. The number of nitrogens with zero attached hydrogens (tertiary/aromatic N) is 3. The maximum absolute atomic E-state index is 14.4. The van der Waals surface area contributed by atoms with Crippen LogP contribution in [0, 0.1) is 11.6 Å². The molecule has 1 aliphatic carbocycles. The number of phenols is 1. The third-order valence-electron chi connectivity index (χ3n) is 5.68. The fourth-order valence-electron chi connectivity index (χ4n) is 3.91. The van der Waals surface area contributed by atoms with Crippen molar-refractivity contribution in [2.75, 3.05) is 24.7 Å². The van der Waals surface area contributed by atoms with Gasteiger partial charge in [-0.1, -0.05) is 0 Å². The minimum Gasteiger partial charge on any atom is -0.503 e. The third-order valence-corrected chi connectivity index (χ3v) is 5.68. The number of hydrogen-bond donors (Lipinski definition) is 2. The number of aromatic hydroxyl groups is 1. The topological polar surface area (TPSA) is 74.3 Å². The normalized spacial score (nSPS) is 18.4. The Hall–Kier alpha value is -2.95. The standard InChI is InChI=1S/C19H15F5N4O2/c20-14-9(5-11(19(22,23)24)15(21)17(14)29)16-10-7-25-13(6-12(10)26-27-16)28-3-4-30-8-18(28)1-2-18/h5-7,29H,1-4,8H2,(H,26,27). The van der Waals surface area contributed by atoms with Crippen LogP contribution in [0.2, 0.25) is 0 Å². The molecule has 0 unspecified atom stereocenters. The maximum Gasteiger partial charge on any atom is 0.419 e. The van der Waals surface area contributed by atoms with E-state index >= 15 is 0 Å². The summed E-state index contributed by atoms with van der Waals surface area (Å²) in [6.07, 6.45) is -1.79. The van der Waals surface area contributed by atoms with Crippen LogP contribution >= 0.6 is 0 Å². The lowest BCUT2D eigenvalue weighted by atomic mass is 10.0. The Bertz CT molecular complexity index is 1160. The molecule has 1 aromatic carbocycles. The summed E-state index contributed by atoms with van der Waals surface area (Å²) in [5, 5.41) is 16.4. The molecule has 3 aromatic rings. The number of anilines is 1. The molecule has 2 aliphatic rings. The Labute approximate surface area is 166 Å². The number of rotatable bonds is 2. The van der Waals surface area contributed by atoms with Crippen molar-refractivity contribution in [3.8, 4) is 17.0 Å². The SMILES string of the molecule is Oc1c(F)c(-c2n[nH]c3cc(N4CCOCC45CC5)ncc23)cc(C(F)(F)F)c1F. The van der Waals surface area contributed by atoms with E-state index < -0.39 is 34.7 Å². The Balaban J connectivity index is 1.61. The molecule has 2 aromatic heterocycles. The van der Waals surface area contributed by atoms with Gasteiger partial charge in [0.2, 0.25) is 0 Å². The quantitative estimate of drug-likeness (QED) is 0.606. The maximum atomic E-state index is 14.4. The summed E-state index contributed by atoms with van der Waals surface area (Å²) in [5.41, 5.74) is -2.31. The van der Waals surface area contributed by atoms with Gasteiger partial charge in [0.05, 0.1) is 29.8 Å². The predicted octanol–water partition coefficient (Wildman–Crippen LogP) is 4.00. The number of halogens is 5. The van der Waals surface area contributed by atoms with Crippen LogP contribution in [0.15, 0.2) is 18.3 Å². The molecule has 1 spiro atoms. The van der Waals surface area contributed by atoms with Gasteiger partial charge in [-0.3, -0.25) is 5.10 Å². The Morgan fingerprint density at radius 2 is 1.93 bits per heavy atom. The summed E-state index contributed by atoms with van der Waals surface area (Å²) in [6.45, 7) is 1.80. The highest BCUT2D eigenvalue weighted by atomic mass is 19.4. The molecule has 30 heavy (non-hydrogen) atoms. The van der Waals surface area contributed by atoms with Crippen molar-refractivity contribution in [1.29, 1.82) is 0 Å². The summed E-state index contributed by atoms with van der Waals surface area (Å²) >= 11 is 0. The molecule has 1 saturated carbocycles. The van der Waals surface area contributed by atoms with E-state index in [1.165, 1.54) is 6.20 Å². The molecule has 11 heteroatoms. The van der Waals surface area contributed by atoms with Crippen LogP contribution < -0.4 is 4.90 Å². The van der Waals surface area contributed by atoms with Gasteiger partial charge in [0.15, 0.2) is 17.4 Å². The van der Waals surface area contributed by atoms with Crippen molar-refractivity contribution in [2.24, 2.45) is 0 Å². The molecule has 1 saturated heterocycles. The molecule has 6 nitrogen and oxygen atoms in total. The van der Waals surface area contributed by atoms with E-state index in [2.05, 4.69) is 20.1 Å². The van der Waals surface area contributed by atoms with Crippen molar-refractivity contribution in [1.82, 2.24) is 15.2 Å². The van der Waals surface area contributed by atoms with Crippen molar-refractivity contribution in [3.63, 3.8) is 0 Å². The van der Waals surface area contributed by atoms with E-state index in [4.69, 9.17) is 4.74 Å². The van der Waals surface area contributed by atoms with E-state index in [-0.39, 0.29) is 16.6 Å². The Morgan fingerprint density at radius 3 is 2.63 bits per heavy atom. The molecule has 5 rings (SSSR count). The highest BCUT2D eigenvalue weighted by molar-refractivity contribution is 5.94. The van der Waals surface area contributed by atoms with Crippen molar-refractivity contribution >= 4 is 16.7 Å². The smallest absolute Gasteiger partial charge is 0.419 e. The lowest BCUT2D eigenvalue weighted by Gasteiger charge is -2.37. The molecular formula is C19H15F5N4O2. The van der Waals surface area contributed by atoms with Gasteiger partial charge in [0.25, 0.3) is 0 Å². The molecule has 0 radical (unpaired) electrons. The number of alkyl halides is 3. The molecule has 0 amide bonds. The first kappa shape index (κ1) is 19.0. The number of nitrogens with one attached hydrogen (secondary N) is 1. The van der Waals surface area contributed by atoms with Gasteiger partial charge in [-0.2, -0.15) is 18.3 Å². The molecule has 1 aliphatic heterocycles. The van der Waals surface area contributed by atoms with Crippen LogP contribution in [0.4, 0.5) is 27.8 Å². The summed E-state index contributed by atoms with van der Waals surface area (Å²) < 4.78 is 73.1. The third kappa shape index (κ3) is 2.79. The molecule has 2 fully saturated rings. The fraction of sp³-hybridized carbons (Fsp3) is 0.368. The van der Waals surface area contributed by atoms with Crippen LogP contribution in [0.1, 0.15) is 18.4 Å². The van der Waals surface area contributed by atoms with Gasteiger partial charge in [-0.05, 0) is 18.9 Å². The first-order valence-electron chi connectivity index (χ1n) is 9.19. The second-order valence-corrected chi connectivity index (χ2v) is 7.53. The number of H-pyrrole nitrogens is 1. The van der Waals surface area contributed by atoms with Crippen molar-refractivity contribution in [2.45, 2.75) is 24.6 Å². The van der Waals surface area contributed by atoms with Crippen molar-refractivity contribution in [3.05, 3.63) is 35.5 Å². The zero-order valence-electron chi connectivity index (χ0n) is 15.4. The van der Waals surface area contributed by atoms with Crippen LogP contribution in [-0.4, -0.2) is 45.6 Å². The van der Waals surface area contributed by atoms with E-state index in [9.17, 15) is 27.1 Å². The predicted molar refractivity (Wildman–Crippen MR) is 96.0 cm³/mol. The van der Waals surface area contributed by atoms with Crippen molar-refractivity contribution < 1.29 is 31.8 Å². The van der Waals surface area contributed by atoms with Crippen LogP contribution in [0.5, 0.6) is 5.75 Å². The Kier molecular flexibility index (Phi) is 3.98. The summed E-state index contributed by atoms with van der Waals surface area (Å²) in [7, 11) is 0. The highest BCUT2D eigenvalue weighted by Gasteiger charge is 2.50. The minimum atomic E-state index is -5.11. The average molecular weight is 426 g/mol. The number of pyridine rings is 1. The summed E-state index contributed by atoms with van der Waals surface area (Å²) in [6, 6.07) is 1.98. The van der Waals surface area contributed by atoms with E-state index in [0.717, 1.165) is 12.8 Å². The van der Waals surface area contributed by atoms with Crippen LogP contribution in [-0.2, 0) is 10.9 Å². The second kappa shape index (κ2) is 6.27. The number of aromatic amines is 1. The Morgan fingerprint density at radius 1 is 1.17 bits per heavy atom. The van der Waals surface area contributed by atoms with Gasteiger partial charge in [0.1, 0.15) is 11.5 Å². The monoisotopic (exact) mass is 426 g/mol. The molecule has 2 N–H and O–H groups in total. The zero-order valence-corrected chi connectivity index (χ0v) is 15.4. The molecule has 0 bridgehead atoms. The van der Waals surface area contributed by atoms with Crippen LogP contribution in [0.25, 0.3) is 22.2 Å². The van der Waals surface area contributed by atoms with E-state index in [1.807, 2.05) is 0 Å². The lowest BCUT2D eigenvalue weighted by molar-refractivity contribution is -0.140. The first-order valence-corrected chi connectivity index (χ1v) is 9.19. The number of aromatic nitrogens is 3. The number of morpholine rings is 1. The highest BCUT2D eigenvalue weighted by Crippen LogP contribution is 2.46. The summed E-state index contributed by atoms with van der Waals surface area (Å²) in [5.74, 6) is -4.64. The van der Waals surface area contributed by atoms with Gasteiger partial charge in [0, 0.05) is 29.8 Å². The molecule has 3 heterocycles. The van der Waals surface area contributed by atoms with Crippen LogP contribution in [0.3, 0.4) is 0 Å². The first-order chi connectivity index (χ1) is 14.2. The number of fused-ring (bicyclic) bond motifs is 1. The van der Waals surface area contributed by atoms with Gasteiger partial charge >= 0.3 is 6.18 Å². The molecule has 158 valence electrons. The minimum absolute atomic E-state index is 0.0851. The fourth-order valence-corrected chi connectivity index (χ4v) is 3.91. The van der Waals surface area contributed by atoms with Gasteiger partial charge in [-0.25, -0.2) is 13.8 Å². The van der Waals surface area contributed by atoms with E-state index in [1.54, 1.807) is 6.07 Å². The zero-order chi connectivity index (χ0) is 21.3. The lowest BCUT2D eigenvalue weighted by Crippen LogP contribution is -2.48. The number of ether oxygens (including phenoxy) is 1. The molecular weight excluding hydrogens is 411 g/mol. The van der Waals surface area contributed by atoms with Gasteiger partial charge in [-0.15, -0.1) is 0 Å². The molecule has 0 atom stereocenters.